The van der Waals surface area contributed by atoms with Gasteiger partial charge in [0.25, 0.3) is 5.91 Å². The molecule has 1 amide bonds. The number of fused-ring (bicyclic) bond motifs is 2. The molecular weight excluding hydrogens is 552 g/mol. The number of carbonyl (C=O) groups excluding carboxylic acids is 1. The largest absolute Gasteiger partial charge is 0.485 e. The number of aryl methyl sites for hydroxylation is 2. The van der Waals surface area contributed by atoms with Crippen molar-refractivity contribution >= 4 is 28.5 Å². The Morgan fingerprint density at radius 2 is 1.95 bits per heavy atom. The lowest BCUT2D eigenvalue weighted by molar-refractivity contribution is -0.137. The number of imidazole rings is 2. The monoisotopic (exact) mass is 586 g/mol. The van der Waals surface area contributed by atoms with Crippen molar-refractivity contribution in [1.82, 2.24) is 34.2 Å². The van der Waals surface area contributed by atoms with Crippen LogP contribution in [0.1, 0.15) is 35.5 Å². The number of nitrogens with one attached hydrogen (secondary N) is 2. The number of pyridine rings is 1. The zero-order valence-corrected chi connectivity index (χ0v) is 24.1. The molecule has 4 atom stereocenters. The summed E-state index contributed by atoms with van der Waals surface area (Å²) in [5.74, 6) is 0.718. The second-order valence-corrected chi connectivity index (χ2v) is 10.6. The molecule has 4 N–H and O–H groups in total. The summed E-state index contributed by atoms with van der Waals surface area (Å²) in [4.78, 5) is 30.0. The van der Waals surface area contributed by atoms with Gasteiger partial charge in [0, 0.05) is 37.6 Å². The van der Waals surface area contributed by atoms with Crippen LogP contribution in [0.25, 0.3) is 16.8 Å². The third-order valence-electron chi connectivity index (χ3n) is 7.62. The van der Waals surface area contributed by atoms with E-state index in [-0.39, 0.29) is 0 Å². The van der Waals surface area contributed by atoms with E-state index < -0.39 is 30.4 Å². The molecule has 0 radical (unpaired) electrons. The van der Waals surface area contributed by atoms with Crippen molar-refractivity contribution in [2.45, 2.75) is 58.3 Å². The molecule has 1 saturated heterocycles. The van der Waals surface area contributed by atoms with Crippen molar-refractivity contribution in [3.63, 3.8) is 0 Å². The Balaban J connectivity index is 1.14. The van der Waals surface area contributed by atoms with Gasteiger partial charge in [-0.25, -0.2) is 19.9 Å². The fourth-order valence-electron chi connectivity index (χ4n) is 5.30. The number of hydrogen-bond donors (Lipinski definition) is 4. The first kappa shape index (κ1) is 28.5. The van der Waals surface area contributed by atoms with Crippen LogP contribution in [-0.2, 0) is 22.6 Å². The number of rotatable bonds is 10. The number of aromatic nitrogens is 6. The van der Waals surface area contributed by atoms with Gasteiger partial charge in [-0.3, -0.25) is 9.36 Å². The standard InChI is InChI=1S/C30H34N8O5/c1-4-31-29(41)25-23(39)24(40)30(43-25)38-16-36-22-26(34-15-35-28(22)38)32-10-9-20-13-33-27-21(6-5-11-37(20)27)42-14-19-12-17(2)7-8-18(19)3/h5-8,11-13,15-16,23-25,30,39-40H,4,9-10,14H2,1-3H3,(H,31,41)(H,32,34,35). The highest BCUT2D eigenvalue weighted by Crippen LogP contribution is 2.32. The number of amides is 1. The highest BCUT2D eigenvalue weighted by atomic mass is 16.6. The molecule has 5 heterocycles. The van der Waals surface area contributed by atoms with Gasteiger partial charge in [-0.05, 0) is 44.0 Å². The molecule has 0 aliphatic carbocycles. The van der Waals surface area contributed by atoms with E-state index in [9.17, 15) is 15.0 Å². The van der Waals surface area contributed by atoms with Gasteiger partial charge in [-0.1, -0.05) is 23.8 Å². The number of hydrogen-bond acceptors (Lipinski definition) is 10. The van der Waals surface area contributed by atoms with Gasteiger partial charge in [0.05, 0.1) is 6.33 Å². The number of nitrogens with zero attached hydrogens (tertiary/aromatic N) is 6. The average Bonchev–Trinajstić information content (AvgIpc) is 3.70. The quantitative estimate of drug-likeness (QED) is 0.191. The number of anilines is 1. The minimum Gasteiger partial charge on any atom is -0.485 e. The molecule has 1 aromatic carbocycles. The van der Waals surface area contributed by atoms with Crippen molar-refractivity contribution in [3.05, 3.63) is 77.8 Å². The molecule has 1 aliphatic heterocycles. The lowest BCUT2D eigenvalue weighted by Crippen LogP contribution is -2.42. The predicted octanol–water partition coefficient (Wildman–Crippen LogP) is 2.08. The summed E-state index contributed by atoms with van der Waals surface area (Å²) in [7, 11) is 0. The van der Waals surface area contributed by atoms with E-state index in [1.54, 1.807) is 6.92 Å². The Kier molecular flexibility index (Phi) is 7.93. The molecule has 224 valence electrons. The maximum Gasteiger partial charge on any atom is 0.252 e. The van der Waals surface area contributed by atoms with Crippen molar-refractivity contribution in [2.24, 2.45) is 0 Å². The highest BCUT2D eigenvalue weighted by molar-refractivity contribution is 5.83. The highest BCUT2D eigenvalue weighted by Gasteiger charge is 2.47. The maximum absolute atomic E-state index is 12.3. The van der Waals surface area contributed by atoms with Gasteiger partial charge in [-0.2, -0.15) is 0 Å². The van der Waals surface area contributed by atoms with Gasteiger partial charge in [0.1, 0.15) is 25.1 Å². The third-order valence-corrected chi connectivity index (χ3v) is 7.62. The molecule has 6 rings (SSSR count). The molecule has 1 fully saturated rings. The van der Waals surface area contributed by atoms with Gasteiger partial charge in [0.15, 0.2) is 40.7 Å². The molecule has 4 unspecified atom stereocenters. The fourth-order valence-corrected chi connectivity index (χ4v) is 5.30. The van der Waals surface area contributed by atoms with Crippen LogP contribution < -0.4 is 15.4 Å². The average molecular weight is 587 g/mol. The Morgan fingerprint density at radius 3 is 2.79 bits per heavy atom. The number of likely N-dealkylation sites (N-methyl/N-ethyl adjacent to an activating group) is 1. The molecule has 1 aliphatic rings. The van der Waals surface area contributed by atoms with Crippen LogP contribution in [0, 0.1) is 13.8 Å². The Morgan fingerprint density at radius 1 is 1.09 bits per heavy atom. The van der Waals surface area contributed by atoms with Crippen LogP contribution in [0.3, 0.4) is 0 Å². The lowest BCUT2D eigenvalue weighted by atomic mass is 10.1. The third kappa shape index (κ3) is 5.49. The van der Waals surface area contributed by atoms with Crippen LogP contribution in [0.5, 0.6) is 5.75 Å². The van der Waals surface area contributed by atoms with Crippen LogP contribution in [-0.4, -0.2) is 76.4 Å². The van der Waals surface area contributed by atoms with E-state index in [0.717, 1.165) is 16.9 Å². The Labute approximate surface area is 247 Å². The molecule has 43 heavy (non-hydrogen) atoms. The summed E-state index contributed by atoms with van der Waals surface area (Å²) in [5, 5.41) is 27.0. The molecule has 0 bridgehead atoms. The molecule has 0 spiro atoms. The minimum atomic E-state index is -1.39. The van der Waals surface area contributed by atoms with Crippen LogP contribution in [0.2, 0.25) is 0 Å². The zero-order chi connectivity index (χ0) is 30.1. The topological polar surface area (TPSA) is 161 Å². The second-order valence-electron chi connectivity index (χ2n) is 10.6. The first-order chi connectivity index (χ1) is 20.9. The molecule has 4 aromatic heterocycles. The van der Waals surface area contributed by atoms with Crippen molar-refractivity contribution in [1.29, 1.82) is 0 Å². The predicted molar refractivity (Wildman–Crippen MR) is 158 cm³/mol. The van der Waals surface area contributed by atoms with Gasteiger partial charge < -0.3 is 34.7 Å². The van der Waals surface area contributed by atoms with Crippen LogP contribution in [0.15, 0.2) is 55.4 Å². The second kappa shape index (κ2) is 12.0. The number of carbonyl (C=O) groups is 1. The molecule has 13 heteroatoms. The summed E-state index contributed by atoms with van der Waals surface area (Å²) >= 11 is 0. The van der Waals surface area contributed by atoms with E-state index in [0.29, 0.717) is 48.8 Å². The zero-order valence-electron chi connectivity index (χ0n) is 24.1. The number of benzene rings is 1. The summed E-state index contributed by atoms with van der Waals surface area (Å²) in [5.41, 5.74) is 6.12. The normalized spacial score (nSPS) is 20.1. The van der Waals surface area contributed by atoms with Gasteiger partial charge in [-0.15, -0.1) is 0 Å². The summed E-state index contributed by atoms with van der Waals surface area (Å²) in [6.07, 6.45) is 2.28. The van der Waals surface area contributed by atoms with Crippen molar-refractivity contribution < 1.29 is 24.5 Å². The van der Waals surface area contributed by atoms with Gasteiger partial charge in [0.2, 0.25) is 0 Å². The van der Waals surface area contributed by atoms with E-state index in [1.165, 1.54) is 28.3 Å². The number of ether oxygens (including phenoxy) is 2. The first-order valence-corrected chi connectivity index (χ1v) is 14.2. The van der Waals surface area contributed by atoms with E-state index >= 15 is 0 Å². The Hall–Kier alpha value is -4.59. The van der Waals surface area contributed by atoms with Gasteiger partial charge >= 0.3 is 0 Å². The van der Waals surface area contributed by atoms with E-state index in [1.807, 2.05) is 28.9 Å². The molecule has 13 nitrogen and oxygen atoms in total. The van der Waals surface area contributed by atoms with E-state index in [2.05, 4.69) is 62.6 Å². The number of aliphatic hydroxyl groups excluding tert-OH is 2. The Bertz CT molecular complexity index is 1770. The summed E-state index contributed by atoms with van der Waals surface area (Å²) in [6.45, 7) is 7.27. The fraction of sp³-hybridized carbons (Fsp3) is 0.367. The molecule has 5 aromatic rings. The molecule has 0 saturated carbocycles. The lowest BCUT2D eigenvalue weighted by Gasteiger charge is -2.16. The smallest absolute Gasteiger partial charge is 0.252 e. The maximum atomic E-state index is 12.3. The SMILES string of the molecule is CCNC(=O)C1OC(n2cnc3c(NCCc4cnc5c(OCc6cc(C)ccc6C)cccn45)ncnc32)C(O)C1O. The molecular formula is C30H34N8O5. The van der Waals surface area contributed by atoms with Crippen molar-refractivity contribution in [2.75, 3.05) is 18.4 Å². The summed E-state index contributed by atoms with van der Waals surface area (Å²) < 4.78 is 15.4. The van der Waals surface area contributed by atoms with Crippen LogP contribution >= 0.6 is 0 Å². The summed E-state index contributed by atoms with van der Waals surface area (Å²) in [6, 6.07) is 10.2. The first-order valence-electron chi connectivity index (χ1n) is 14.2. The van der Waals surface area contributed by atoms with Crippen LogP contribution in [0.4, 0.5) is 5.82 Å². The minimum absolute atomic E-state index is 0.375. The van der Waals surface area contributed by atoms with E-state index in [4.69, 9.17) is 9.47 Å². The number of aliphatic hydroxyl groups is 2. The van der Waals surface area contributed by atoms with Crippen molar-refractivity contribution in [3.8, 4) is 5.75 Å².